The predicted molar refractivity (Wildman–Crippen MR) is 157 cm³/mol. The summed E-state index contributed by atoms with van der Waals surface area (Å²) in [6.45, 7) is 6.99. The van der Waals surface area contributed by atoms with E-state index in [9.17, 15) is 14.9 Å². The highest BCUT2D eigenvalue weighted by atomic mass is 16.6. The number of nitro groups is 1. The Morgan fingerprint density at radius 3 is 2.10 bits per heavy atom. The highest BCUT2D eigenvalue weighted by molar-refractivity contribution is 5.76. The summed E-state index contributed by atoms with van der Waals surface area (Å²) in [7, 11) is 0. The maximum atomic E-state index is 12.4. The van der Waals surface area contributed by atoms with Gasteiger partial charge in [0.2, 0.25) is 5.91 Å². The normalized spacial score (nSPS) is 16.2. The Balaban J connectivity index is 1.23. The highest BCUT2D eigenvalue weighted by Crippen LogP contribution is 2.35. The van der Waals surface area contributed by atoms with Gasteiger partial charge in [0.05, 0.1) is 24.2 Å². The van der Waals surface area contributed by atoms with Gasteiger partial charge in [-0.25, -0.2) is 0 Å². The molecule has 2 aliphatic heterocycles. The fraction of sp³-hybridized carbons (Fsp3) is 0.387. The monoisotopic (exact) mass is 543 g/mol. The molecule has 40 heavy (non-hydrogen) atoms. The largest absolute Gasteiger partial charge is 0.378 e. The Bertz CT molecular complexity index is 1220. The van der Waals surface area contributed by atoms with Crippen molar-refractivity contribution in [3.8, 4) is 0 Å². The Hall–Kier alpha value is -3.95. The topological polar surface area (TPSA) is 91.2 Å². The van der Waals surface area contributed by atoms with E-state index in [1.807, 2.05) is 77.7 Å². The number of amides is 1. The molecular weight excluding hydrogens is 506 g/mol. The van der Waals surface area contributed by atoms with Gasteiger partial charge in [-0.05, 0) is 36.2 Å². The molecule has 2 fully saturated rings. The third-order valence-electron chi connectivity index (χ3n) is 7.71. The van der Waals surface area contributed by atoms with Crippen molar-refractivity contribution < 1.29 is 14.5 Å². The number of nitrogens with zero attached hydrogens (tertiary/aromatic N) is 4. The third kappa shape index (κ3) is 6.97. The number of piperazine rings is 1. The van der Waals surface area contributed by atoms with Crippen LogP contribution in [0.3, 0.4) is 0 Å². The van der Waals surface area contributed by atoms with Gasteiger partial charge in [0.15, 0.2) is 0 Å². The quantitative estimate of drug-likeness (QED) is 0.296. The molecule has 0 unspecified atom stereocenters. The number of nitro benzene ring substituents is 1. The van der Waals surface area contributed by atoms with Gasteiger partial charge in [-0.2, -0.15) is 0 Å². The molecule has 9 heteroatoms. The van der Waals surface area contributed by atoms with E-state index >= 15 is 0 Å². The van der Waals surface area contributed by atoms with Crippen molar-refractivity contribution in [3.05, 3.63) is 100 Å². The van der Waals surface area contributed by atoms with Crippen LogP contribution in [0.1, 0.15) is 30.0 Å². The van der Waals surface area contributed by atoms with E-state index < -0.39 is 0 Å². The summed E-state index contributed by atoms with van der Waals surface area (Å²) in [6.07, 6.45) is 1.42. The SMILES string of the molecule is O=C(CCCN1CCN(c2ccc([N+](=O)[O-])c(NC(c3ccccc3)c3ccccc3)c2)CC1)N1CCOCC1. The summed E-state index contributed by atoms with van der Waals surface area (Å²) in [5, 5.41) is 15.5. The van der Waals surface area contributed by atoms with Crippen molar-refractivity contribution in [1.82, 2.24) is 9.80 Å². The number of carbonyl (C=O) groups is 1. The summed E-state index contributed by atoms with van der Waals surface area (Å²) >= 11 is 0. The molecule has 2 saturated heterocycles. The van der Waals surface area contributed by atoms with Crippen LogP contribution in [0.2, 0.25) is 0 Å². The van der Waals surface area contributed by atoms with Crippen LogP contribution >= 0.6 is 0 Å². The second-order valence-corrected chi connectivity index (χ2v) is 10.3. The zero-order chi connectivity index (χ0) is 27.7. The average molecular weight is 544 g/mol. The van der Waals surface area contributed by atoms with E-state index in [-0.39, 0.29) is 22.6 Å². The third-order valence-corrected chi connectivity index (χ3v) is 7.71. The standard InChI is InChI=1S/C31H37N5O4/c37-30(35-20-22-40-23-21-35)12-7-15-33-16-18-34(19-17-33)27-13-14-29(36(38)39)28(24-27)32-31(25-8-3-1-4-9-25)26-10-5-2-6-11-26/h1-6,8-11,13-14,24,31-32H,7,12,15-23H2. The molecule has 0 aliphatic carbocycles. The number of morpholine rings is 1. The molecule has 1 amide bonds. The molecule has 0 atom stereocenters. The lowest BCUT2D eigenvalue weighted by Gasteiger charge is -2.36. The Morgan fingerprint density at radius 2 is 1.50 bits per heavy atom. The van der Waals surface area contributed by atoms with Crippen molar-refractivity contribution in [2.45, 2.75) is 18.9 Å². The minimum Gasteiger partial charge on any atom is -0.378 e. The molecule has 1 N–H and O–H groups in total. The van der Waals surface area contributed by atoms with E-state index in [1.165, 1.54) is 0 Å². The summed E-state index contributed by atoms with van der Waals surface area (Å²) < 4.78 is 5.34. The molecule has 210 valence electrons. The first-order chi connectivity index (χ1) is 19.6. The van der Waals surface area contributed by atoms with Crippen LogP contribution in [0, 0.1) is 10.1 Å². The van der Waals surface area contributed by atoms with Crippen molar-refractivity contribution in [1.29, 1.82) is 0 Å². The number of benzene rings is 3. The Labute approximate surface area is 235 Å². The molecule has 3 aromatic carbocycles. The number of carbonyl (C=O) groups excluding carboxylic acids is 1. The Morgan fingerprint density at radius 1 is 0.875 bits per heavy atom. The number of rotatable bonds is 10. The van der Waals surface area contributed by atoms with Gasteiger partial charge in [-0.15, -0.1) is 0 Å². The minimum atomic E-state index is -0.324. The van der Waals surface area contributed by atoms with Crippen LogP contribution in [0.25, 0.3) is 0 Å². The molecule has 2 aliphatic rings. The molecule has 0 radical (unpaired) electrons. The van der Waals surface area contributed by atoms with E-state index in [4.69, 9.17) is 4.74 Å². The molecule has 0 bridgehead atoms. The number of hydrogen-bond donors (Lipinski definition) is 1. The second kappa shape index (κ2) is 13.4. The number of hydrogen-bond acceptors (Lipinski definition) is 7. The van der Waals surface area contributed by atoms with Crippen LogP contribution < -0.4 is 10.2 Å². The Kier molecular flexibility index (Phi) is 9.26. The smallest absolute Gasteiger partial charge is 0.292 e. The maximum Gasteiger partial charge on any atom is 0.292 e. The second-order valence-electron chi connectivity index (χ2n) is 10.3. The van der Waals surface area contributed by atoms with Crippen LogP contribution in [0.5, 0.6) is 0 Å². The van der Waals surface area contributed by atoms with Gasteiger partial charge >= 0.3 is 0 Å². The van der Waals surface area contributed by atoms with E-state index in [0.29, 0.717) is 38.4 Å². The maximum absolute atomic E-state index is 12.4. The molecule has 2 heterocycles. The highest BCUT2D eigenvalue weighted by Gasteiger charge is 2.24. The van der Waals surface area contributed by atoms with Gasteiger partial charge in [0.1, 0.15) is 5.69 Å². The minimum absolute atomic E-state index is 0.0594. The first-order valence-corrected chi connectivity index (χ1v) is 14.1. The zero-order valence-corrected chi connectivity index (χ0v) is 22.8. The molecule has 3 aromatic rings. The first-order valence-electron chi connectivity index (χ1n) is 14.1. The van der Waals surface area contributed by atoms with Crippen LogP contribution in [-0.4, -0.2) is 79.7 Å². The molecule has 5 rings (SSSR count). The van der Waals surface area contributed by atoms with Gasteiger partial charge < -0.3 is 19.9 Å². The van der Waals surface area contributed by atoms with Gasteiger partial charge in [-0.3, -0.25) is 19.8 Å². The van der Waals surface area contributed by atoms with Crippen molar-refractivity contribution in [3.63, 3.8) is 0 Å². The van der Waals surface area contributed by atoms with Crippen LogP contribution in [0.15, 0.2) is 78.9 Å². The lowest BCUT2D eigenvalue weighted by molar-refractivity contribution is -0.384. The van der Waals surface area contributed by atoms with E-state index in [0.717, 1.165) is 56.0 Å². The van der Waals surface area contributed by atoms with Crippen LogP contribution in [0.4, 0.5) is 17.1 Å². The average Bonchev–Trinajstić information content (AvgIpc) is 3.01. The summed E-state index contributed by atoms with van der Waals surface area (Å²) in [4.78, 5) is 30.7. The van der Waals surface area contributed by atoms with Gasteiger partial charge in [0.25, 0.3) is 5.69 Å². The molecule has 0 saturated carbocycles. The molecular formula is C31H37N5O4. The van der Waals surface area contributed by atoms with Crippen molar-refractivity contribution in [2.75, 3.05) is 69.2 Å². The fourth-order valence-corrected chi connectivity index (χ4v) is 5.46. The lowest BCUT2D eigenvalue weighted by atomic mass is 9.98. The van der Waals surface area contributed by atoms with Crippen molar-refractivity contribution in [2.24, 2.45) is 0 Å². The molecule has 0 aromatic heterocycles. The summed E-state index contributed by atoms with van der Waals surface area (Å²) in [6, 6.07) is 25.1. The number of nitrogens with one attached hydrogen (secondary N) is 1. The lowest BCUT2D eigenvalue weighted by Crippen LogP contribution is -2.47. The molecule has 0 spiro atoms. The van der Waals surface area contributed by atoms with E-state index in [2.05, 4.69) is 15.1 Å². The number of ether oxygens (including phenoxy) is 1. The number of anilines is 2. The summed E-state index contributed by atoms with van der Waals surface area (Å²) in [5.41, 5.74) is 3.60. The predicted octanol–water partition coefficient (Wildman–Crippen LogP) is 4.56. The zero-order valence-electron chi connectivity index (χ0n) is 22.8. The fourth-order valence-electron chi connectivity index (χ4n) is 5.46. The van der Waals surface area contributed by atoms with Crippen LogP contribution in [-0.2, 0) is 9.53 Å². The first kappa shape index (κ1) is 27.6. The van der Waals surface area contributed by atoms with Crippen molar-refractivity contribution >= 4 is 23.0 Å². The summed E-state index contributed by atoms with van der Waals surface area (Å²) in [5.74, 6) is 0.220. The van der Waals surface area contributed by atoms with E-state index in [1.54, 1.807) is 6.07 Å². The van der Waals surface area contributed by atoms with Gasteiger partial charge in [0, 0.05) is 57.4 Å². The molecule has 9 nitrogen and oxygen atoms in total. The van der Waals surface area contributed by atoms with Gasteiger partial charge in [-0.1, -0.05) is 60.7 Å².